The van der Waals surface area contributed by atoms with Crippen LogP contribution in [0.3, 0.4) is 0 Å². The van der Waals surface area contributed by atoms with Crippen molar-refractivity contribution in [2.45, 2.75) is 27.2 Å². The van der Waals surface area contributed by atoms with Crippen LogP contribution in [-0.4, -0.2) is 0 Å². The average molecular weight is 284 g/mol. The van der Waals surface area contributed by atoms with Crippen LogP contribution in [0.5, 0.6) is 0 Å². The van der Waals surface area contributed by atoms with Crippen LogP contribution in [0.1, 0.15) is 28.7 Å². The third-order valence-corrected chi connectivity index (χ3v) is 4.14. The molecule has 2 aromatic rings. The van der Waals surface area contributed by atoms with E-state index in [9.17, 15) is 0 Å². The van der Waals surface area contributed by atoms with Crippen LogP contribution in [0, 0.1) is 32.6 Å². The topological polar surface area (TPSA) is 0 Å². The lowest BCUT2D eigenvalue weighted by Crippen LogP contribution is -1.94. The highest BCUT2D eigenvalue weighted by molar-refractivity contribution is 5.85. The van der Waals surface area contributed by atoms with E-state index >= 15 is 0 Å². The SMILES string of the molecule is Cc1cc(C)c(-c2ccccc2C)cc1C1=CC=CCC#C1. The van der Waals surface area contributed by atoms with Crippen molar-refractivity contribution in [2.24, 2.45) is 0 Å². The van der Waals surface area contributed by atoms with E-state index in [0.717, 1.165) is 12.0 Å². The second-order valence-electron chi connectivity index (χ2n) is 5.81. The van der Waals surface area contributed by atoms with Crippen LogP contribution >= 0.6 is 0 Å². The second-order valence-corrected chi connectivity index (χ2v) is 5.81. The van der Waals surface area contributed by atoms with Crippen molar-refractivity contribution in [3.05, 3.63) is 76.9 Å². The third kappa shape index (κ3) is 2.76. The first-order chi connectivity index (χ1) is 10.7. The van der Waals surface area contributed by atoms with Crippen LogP contribution in [0.15, 0.2) is 54.6 Å². The summed E-state index contributed by atoms with van der Waals surface area (Å²) in [6, 6.07) is 13.1. The fourth-order valence-corrected chi connectivity index (χ4v) is 2.94. The molecule has 0 radical (unpaired) electrons. The van der Waals surface area contributed by atoms with Crippen molar-refractivity contribution in [3.8, 4) is 23.0 Å². The maximum Gasteiger partial charge on any atom is 0.0320 e. The highest BCUT2D eigenvalue weighted by atomic mass is 14.1. The fraction of sp³-hybridized carbons (Fsp3) is 0.182. The van der Waals surface area contributed by atoms with E-state index in [-0.39, 0.29) is 0 Å². The summed E-state index contributed by atoms with van der Waals surface area (Å²) >= 11 is 0. The zero-order valence-electron chi connectivity index (χ0n) is 13.4. The molecule has 0 fully saturated rings. The van der Waals surface area contributed by atoms with Gasteiger partial charge in [0.05, 0.1) is 0 Å². The van der Waals surface area contributed by atoms with Gasteiger partial charge in [0.15, 0.2) is 0 Å². The molecule has 0 N–H and O–H groups in total. The molecule has 0 aromatic heterocycles. The van der Waals surface area contributed by atoms with Crippen molar-refractivity contribution in [1.29, 1.82) is 0 Å². The Morgan fingerprint density at radius 2 is 1.59 bits per heavy atom. The summed E-state index contributed by atoms with van der Waals surface area (Å²) in [5.74, 6) is 6.50. The number of rotatable bonds is 2. The van der Waals surface area contributed by atoms with Crippen molar-refractivity contribution in [1.82, 2.24) is 0 Å². The summed E-state index contributed by atoms with van der Waals surface area (Å²) in [4.78, 5) is 0. The summed E-state index contributed by atoms with van der Waals surface area (Å²) in [6.45, 7) is 6.52. The molecule has 0 heterocycles. The largest absolute Gasteiger partial charge is 0.0937 e. The third-order valence-electron chi connectivity index (χ3n) is 4.14. The van der Waals surface area contributed by atoms with Gasteiger partial charge in [-0.3, -0.25) is 0 Å². The summed E-state index contributed by atoms with van der Waals surface area (Å²) in [5.41, 5.74) is 8.86. The molecule has 0 atom stereocenters. The molecule has 0 aliphatic heterocycles. The van der Waals surface area contributed by atoms with Gasteiger partial charge in [-0.05, 0) is 66.3 Å². The summed E-state index contributed by atoms with van der Waals surface area (Å²) < 4.78 is 0. The molecule has 1 aliphatic rings. The quantitative estimate of drug-likeness (QED) is 0.627. The van der Waals surface area contributed by atoms with Gasteiger partial charge in [-0.1, -0.05) is 54.3 Å². The van der Waals surface area contributed by atoms with Crippen LogP contribution in [0.2, 0.25) is 0 Å². The zero-order valence-corrected chi connectivity index (χ0v) is 13.4. The average Bonchev–Trinajstić information content (AvgIpc) is 2.78. The first kappa shape index (κ1) is 14.4. The van der Waals surface area contributed by atoms with Gasteiger partial charge >= 0.3 is 0 Å². The van der Waals surface area contributed by atoms with E-state index in [1.807, 2.05) is 0 Å². The number of allylic oxidation sites excluding steroid dienone is 4. The van der Waals surface area contributed by atoms with Gasteiger partial charge in [0, 0.05) is 12.0 Å². The number of benzene rings is 2. The lowest BCUT2D eigenvalue weighted by atomic mass is 9.90. The molecular formula is C22H20. The Labute approximate surface area is 133 Å². The maximum atomic E-state index is 3.30. The Morgan fingerprint density at radius 3 is 2.41 bits per heavy atom. The Kier molecular flexibility index (Phi) is 3.98. The van der Waals surface area contributed by atoms with Gasteiger partial charge in [0.25, 0.3) is 0 Å². The van der Waals surface area contributed by atoms with Crippen LogP contribution in [0.25, 0.3) is 16.7 Å². The Bertz CT molecular complexity index is 836. The van der Waals surface area contributed by atoms with Gasteiger partial charge in [-0.2, -0.15) is 0 Å². The van der Waals surface area contributed by atoms with Crippen LogP contribution in [-0.2, 0) is 0 Å². The second kappa shape index (κ2) is 6.08. The molecule has 0 nitrogen and oxygen atoms in total. The highest BCUT2D eigenvalue weighted by Crippen LogP contribution is 2.31. The predicted octanol–water partition coefficient (Wildman–Crippen LogP) is 5.63. The lowest BCUT2D eigenvalue weighted by Gasteiger charge is -2.14. The van der Waals surface area contributed by atoms with E-state index in [1.54, 1.807) is 0 Å². The minimum Gasteiger partial charge on any atom is -0.0937 e. The Morgan fingerprint density at radius 1 is 0.818 bits per heavy atom. The van der Waals surface area contributed by atoms with Crippen molar-refractivity contribution in [3.63, 3.8) is 0 Å². The van der Waals surface area contributed by atoms with Gasteiger partial charge in [0.1, 0.15) is 0 Å². The highest BCUT2D eigenvalue weighted by Gasteiger charge is 2.10. The molecule has 108 valence electrons. The number of aryl methyl sites for hydroxylation is 3. The van der Waals surface area contributed by atoms with E-state index in [4.69, 9.17) is 0 Å². The summed E-state index contributed by atoms with van der Waals surface area (Å²) in [6.07, 6.45) is 7.15. The minimum absolute atomic E-state index is 0.829. The fourth-order valence-electron chi connectivity index (χ4n) is 2.94. The molecule has 0 heteroatoms. The molecule has 3 rings (SSSR count). The maximum absolute atomic E-state index is 3.30. The smallest absolute Gasteiger partial charge is 0.0320 e. The monoisotopic (exact) mass is 284 g/mol. The standard InChI is InChI=1S/C22H20/c1-16-10-8-9-13-20(16)22-15-21(17(2)14-18(22)3)19-11-6-4-5-7-12-19/h4,6,8-11,13-15H,5H2,1-3H3. The molecule has 0 unspecified atom stereocenters. The summed E-state index contributed by atoms with van der Waals surface area (Å²) in [5, 5.41) is 0. The first-order valence-electron chi connectivity index (χ1n) is 7.70. The van der Waals surface area contributed by atoms with Crippen molar-refractivity contribution in [2.75, 3.05) is 0 Å². The molecule has 0 amide bonds. The normalized spacial score (nSPS) is 13.1. The summed E-state index contributed by atoms with van der Waals surface area (Å²) in [7, 11) is 0. The van der Waals surface area contributed by atoms with E-state index in [0.29, 0.717) is 0 Å². The molecule has 1 aliphatic carbocycles. The Balaban J connectivity index is 2.19. The van der Waals surface area contributed by atoms with E-state index in [2.05, 4.69) is 87.2 Å². The minimum atomic E-state index is 0.829. The van der Waals surface area contributed by atoms with Gasteiger partial charge < -0.3 is 0 Å². The van der Waals surface area contributed by atoms with E-state index < -0.39 is 0 Å². The molecule has 2 aromatic carbocycles. The van der Waals surface area contributed by atoms with Crippen molar-refractivity contribution < 1.29 is 0 Å². The molecule has 0 bridgehead atoms. The van der Waals surface area contributed by atoms with Gasteiger partial charge in [-0.15, -0.1) is 0 Å². The molecule has 22 heavy (non-hydrogen) atoms. The molecule has 0 saturated carbocycles. The van der Waals surface area contributed by atoms with Gasteiger partial charge in [0.2, 0.25) is 0 Å². The Hall–Kier alpha value is -2.52. The van der Waals surface area contributed by atoms with Crippen LogP contribution < -0.4 is 0 Å². The molecular weight excluding hydrogens is 264 g/mol. The number of hydrogen-bond acceptors (Lipinski definition) is 0. The number of hydrogen-bond donors (Lipinski definition) is 0. The van der Waals surface area contributed by atoms with E-state index in [1.165, 1.54) is 33.4 Å². The van der Waals surface area contributed by atoms with Crippen LogP contribution in [0.4, 0.5) is 0 Å². The predicted molar refractivity (Wildman–Crippen MR) is 95.6 cm³/mol. The zero-order chi connectivity index (χ0) is 15.5. The molecule has 0 spiro atoms. The van der Waals surface area contributed by atoms with Crippen molar-refractivity contribution >= 4 is 5.57 Å². The van der Waals surface area contributed by atoms with Gasteiger partial charge in [-0.25, -0.2) is 0 Å². The lowest BCUT2D eigenvalue weighted by molar-refractivity contribution is 1.34. The first-order valence-corrected chi connectivity index (χ1v) is 7.70. The molecule has 0 saturated heterocycles.